The Kier molecular flexibility index (Phi) is 61.1. The molecule has 1 fully saturated rings. The Bertz CT molecular complexity index is 1670. The molecule has 0 aromatic carbocycles. The van der Waals surface area contributed by atoms with Crippen LogP contribution >= 0.6 is 0 Å². The number of ether oxygens (including phenoxy) is 3. The lowest BCUT2D eigenvalue weighted by Gasteiger charge is -2.41. The molecule has 1 heterocycles. The zero-order valence-corrected chi connectivity index (χ0v) is 57.4. The van der Waals surface area contributed by atoms with Gasteiger partial charge in [0.15, 0.2) is 12.4 Å². The monoisotopic (exact) mass is 1240 g/mol. The Labute approximate surface area is 541 Å². The molecular formula is C77H141NO10. The summed E-state index contributed by atoms with van der Waals surface area (Å²) in [6.07, 6.45) is 72.6. The number of rotatable bonds is 65. The molecule has 1 aliphatic rings. The van der Waals surface area contributed by atoms with Crippen LogP contribution in [-0.4, -0.2) is 99.6 Å². The zero-order valence-electron chi connectivity index (χ0n) is 57.4. The summed E-state index contributed by atoms with van der Waals surface area (Å²) in [6.45, 7) is 5.79. The van der Waals surface area contributed by atoms with Gasteiger partial charge in [-0.25, -0.2) is 0 Å². The molecule has 0 bridgehead atoms. The van der Waals surface area contributed by atoms with Crippen LogP contribution in [0, 0.1) is 0 Å². The number of nitrogens with one attached hydrogen (secondary N) is 1. The quantitative estimate of drug-likeness (QED) is 0.0195. The summed E-state index contributed by atoms with van der Waals surface area (Å²) in [4.78, 5) is 26.7. The highest BCUT2D eigenvalue weighted by atomic mass is 16.7. The van der Waals surface area contributed by atoms with Crippen LogP contribution in [0.15, 0.2) is 60.8 Å². The second kappa shape index (κ2) is 64.5. The van der Waals surface area contributed by atoms with Crippen LogP contribution < -0.4 is 5.32 Å². The molecule has 88 heavy (non-hydrogen) atoms. The van der Waals surface area contributed by atoms with Crippen LogP contribution in [0.3, 0.4) is 0 Å². The Morgan fingerprint density at radius 1 is 0.443 bits per heavy atom. The van der Waals surface area contributed by atoms with Gasteiger partial charge >= 0.3 is 5.97 Å². The van der Waals surface area contributed by atoms with Gasteiger partial charge < -0.3 is 45.1 Å². The summed E-state index contributed by atoms with van der Waals surface area (Å²) in [5.41, 5.74) is 0. The van der Waals surface area contributed by atoms with Crippen molar-refractivity contribution in [2.75, 3.05) is 13.2 Å². The van der Waals surface area contributed by atoms with Crippen molar-refractivity contribution in [3.05, 3.63) is 60.8 Å². The van der Waals surface area contributed by atoms with E-state index in [0.717, 1.165) is 70.6 Å². The maximum absolute atomic E-state index is 13.5. The van der Waals surface area contributed by atoms with E-state index in [1.165, 1.54) is 238 Å². The second-order valence-electron chi connectivity index (χ2n) is 26.0. The van der Waals surface area contributed by atoms with Gasteiger partial charge in [-0.05, 0) is 89.9 Å². The minimum atomic E-state index is -1.61. The van der Waals surface area contributed by atoms with Crippen molar-refractivity contribution >= 4 is 11.9 Å². The lowest BCUT2D eigenvalue weighted by Crippen LogP contribution is -2.61. The molecule has 0 radical (unpaired) electrons. The minimum Gasteiger partial charge on any atom is -0.454 e. The SMILES string of the molecule is CCCCC/C=C\C/C=C\CCCCCCCCCCCCCCCCC(O)C(=O)NC(COC1OC(CO)C(O)C(O)C1OC(=O)CCCCCCCCCCCCCCC/C=C\C/C=C\CCCCC)C(O)/C=C/CCCCCCCCCCCC. The van der Waals surface area contributed by atoms with Crippen molar-refractivity contribution in [2.45, 2.75) is 404 Å². The van der Waals surface area contributed by atoms with Crippen molar-refractivity contribution in [3.8, 4) is 0 Å². The molecule has 514 valence electrons. The highest BCUT2D eigenvalue weighted by Crippen LogP contribution is 2.26. The number of esters is 1. The average Bonchev–Trinajstić information content (AvgIpc) is 3.72. The number of carbonyl (C=O) groups excluding carboxylic acids is 2. The van der Waals surface area contributed by atoms with Crippen molar-refractivity contribution in [1.29, 1.82) is 0 Å². The van der Waals surface area contributed by atoms with E-state index < -0.39 is 67.4 Å². The van der Waals surface area contributed by atoms with Crippen LogP contribution in [-0.2, 0) is 23.8 Å². The molecule has 1 rings (SSSR count). The normalized spacial score (nSPS) is 18.5. The minimum absolute atomic E-state index is 0.124. The van der Waals surface area contributed by atoms with Gasteiger partial charge in [0, 0.05) is 6.42 Å². The van der Waals surface area contributed by atoms with E-state index in [4.69, 9.17) is 14.2 Å². The Balaban J connectivity index is 2.53. The highest BCUT2D eigenvalue weighted by molar-refractivity contribution is 5.80. The fraction of sp³-hybridized carbons (Fsp3) is 0.844. The van der Waals surface area contributed by atoms with E-state index in [9.17, 15) is 35.1 Å². The third-order valence-corrected chi connectivity index (χ3v) is 17.6. The van der Waals surface area contributed by atoms with E-state index in [1.807, 2.05) is 6.08 Å². The van der Waals surface area contributed by atoms with Gasteiger partial charge in [0.1, 0.15) is 24.4 Å². The lowest BCUT2D eigenvalue weighted by atomic mass is 9.99. The molecular weight excluding hydrogens is 1100 g/mol. The predicted molar refractivity (Wildman–Crippen MR) is 370 cm³/mol. The first kappa shape index (κ1) is 83.4. The number of aliphatic hydroxyl groups is 5. The molecule has 1 aliphatic heterocycles. The summed E-state index contributed by atoms with van der Waals surface area (Å²) >= 11 is 0. The molecule has 0 aliphatic carbocycles. The molecule has 8 atom stereocenters. The number of allylic oxidation sites excluding steroid dienone is 9. The molecule has 1 saturated heterocycles. The van der Waals surface area contributed by atoms with Crippen LogP contribution in [0.1, 0.15) is 355 Å². The fourth-order valence-corrected chi connectivity index (χ4v) is 11.7. The van der Waals surface area contributed by atoms with Gasteiger partial charge in [0.2, 0.25) is 5.91 Å². The molecule has 11 heteroatoms. The van der Waals surface area contributed by atoms with E-state index >= 15 is 0 Å². The molecule has 8 unspecified atom stereocenters. The number of hydrogen-bond donors (Lipinski definition) is 6. The standard InChI is InChI=1S/C77H141NO10/c1-4-7-10-13-16-19-22-25-27-29-31-33-35-37-38-40-42-44-46-49-52-55-58-61-64-70(81)76(85)78-68(69(80)63-60-57-54-51-48-24-21-18-15-12-9-6-3)67-86-77-75(74(84)73(83)71(66-79)87-77)88-72(82)65-62-59-56-53-50-47-45-43-41-39-36-34-32-30-28-26-23-20-17-14-11-8-5-2/h16-17,19-20,25-28,60,63,68-71,73-75,77,79-81,83-84H,4-15,18,21-24,29-59,61-62,64-67H2,1-3H3,(H,78,85)/b19-16-,20-17-,27-25-,28-26-,63-60+. The fourth-order valence-electron chi connectivity index (χ4n) is 11.7. The maximum atomic E-state index is 13.5. The van der Waals surface area contributed by atoms with Crippen LogP contribution in [0.25, 0.3) is 0 Å². The maximum Gasteiger partial charge on any atom is 0.306 e. The molecule has 0 spiro atoms. The van der Waals surface area contributed by atoms with Crippen LogP contribution in [0.2, 0.25) is 0 Å². The van der Waals surface area contributed by atoms with E-state index in [0.29, 0.717) is 19.3 Å². The number of unbranched alkanes of at least 4 members (excludes halogenated alkanes) is 43. The highest BCUT2D eigenvalue weighted by Gasteiger charge is 2.47. The van der Waals surface area contributed by atoms with E-state index in [1.54, 1.807) is 6.08 Å². The summed E-state index contributed by atoms with van der Waals surface area (Å²) in [5.74, 6) is -1.18. The molecule has 11 nitrogen and oxygen atoms in total. The summed E-state index contributed by atoms with van der Waals surface area (Å²) in [7, 11) is 0. The Morgan fingerprint density at radius 3 is 1.18 bits per heavy atom. The Morgan fingerprint density at radius 2 is 0.784 bits per heavy atom. The van der Waals surface area contributed by atoms with Gasteiger partial charge in [0.25, 0.3) is 0 Å². The number of aliphatic hydroxyl groups excluding tert-OH is 5. The van der Waals surface area contributed by atoms with Gasteiger partial charge in [-0.3, -0.25) is 9.59 Å². The second-order valence-corrected chi connectivity index (χ2v) is 26.0. The first-order valence-electron chi connectivity index (χ1n) is 37.6. The first-order chi connectivity index (χ1) is 43.2. The average molecular weight is 1240 g/mol. The first-order valence-corrected chi connectivity index (χ1v) is 37.6. The Hall–Kier alpha value is -2.64. The van der Waals surface area contributed by atoms with E-state index in [-0.39, 0.29) is 13.0 Å². The molecule has 0 aromatic heterocycles. The predicted octanol–water partition coefficient (Wildman–Crippen LogP) is 19.7. The van der Waals surface area contributed by atoms with Crippen molar-refractivity contribution in [3.63, 3.8) is 0 Å². The largest absolute Gasteiger partial charge is 0.454 e. The topological polar surface area (TPSA) is 175 Å². The molecule has 0 aromatic rings. The third-order valence-electron chi connectivity index (χ3n) is 17.6. The number of carbonyl (C=O) groups is 2. The molecule has 1 amide bonds. The number of amides is 1. The van der Waals surface area contributed by atoms with Crippen molar-refractivity contribution in [2.24, 2.45) is 0 Å². The zero-order chi connectivity index (χ0) is 63.9. The van der Waals surface area contributed by atoms with E-state index in [2.05, 4.69) is 74.7 Å². The summed E-state index contributed by atoms with van der Waals surface area (Å²) < 4.78 is 17.7. The van der Waals surface area contributed by atoms with Gasteiger partial charge in [-0.15, -0.1) is 0 Å². The molecule has 6 N–H and O–H groups in total. The smallest absolute Gasteiger partial charge is 0.306 e. The summed E-state index contributed by atoms with van der Waals surface area (Å²) in [5, 5.41) is 57.3. The molecule has 0 saturated carbocycles. The van der Waals surface area contributed by atoms with Gasteiger partial charge in [-0.2, -0.15) is 0 Å². The number of hydrogen-bond acceptors (Lipinski definition) is 10. The van der Waals surface area contributed by atoms with Gasteiger partial charge in [-0.1, -0.05) is 319 Å². The summed E-state index contributed by atoms with van der Waals surface area (Å²) in [6, 6.07) is -1.02. The van der Waals surface area contributed by atoms with Crippen LogP contribution in [0.5, 0.6) is 0 Å². The third kappa shape index (κ3) is 50.9. The lowest BCUT2D eigenvalue weighted by molar-refractivity contribution is -0.305. The van der Waals surface area contributed by atoms with Gasteiger partial charge in [0.05, 0.1) is 25.4 Å². The van der Waals surface area contributed by atoms with Crippen LogP contribution in [0.4, 0.5) is 0 Å². The van der Waals surface area contributed by atoms with Crippen molar-refractivity contribution in [1.82, 2.24) is 5.32 Å². The van der Waals surface area contributed by atoms with Crippen molar-refractivity contribution < 1.29 is 49.3 Å².